The van der Waals surface area contributed by atoms with E-state index in [0.29, 0.717) is 0 Å². The number of carboxylic acids is 1. The molecule has 0 spiro atoms. The van der Waals surface area contributed by atoms with Crippen LogP contribution in [-0.4, -0.2) is 27.1 Å². The van der Waals surface area contributed by atoms with Gasteiger partial charge in [0.15, 0.2) is 0 Å². The van der Waals surface area contributed by atoms with Crippen molar-refractivity contribution in [3.8, 4) is 0 Å². The summed E-state index contributed by atoms with van der Waals surface area (Å²) in [5.41, 5.74) is 0.0502. The minimum absolute atomic E-state index is 0.00908. The molecule has 0 saturated carbocycles. The maximum Gasteiger partial charge on any atom is 0.337 e. The van der Waals surface area contributed by atoms with Crippen molar-refractivity contribution in [3.63, 3.8) is 0 Å². The molecule has 0 atom stereocenters. The molecule has 0 fully saturated rings. The van der Waals surface area contributed by atoms with Crippen molar-refractivity contribution in [1.82, 2.24) is 10.1 Å². The van der Waals surface area contributed by atoms with Gasteiger partial charge in [-0.3, -0.25) is 9.78 Å². The number of amides is 1. The highest BCUT2D eigenvalue weighted by Crippen LogP contribution is 2.14. The van der Waals surface area contributed by atoms with Gasteiger partial charge in [-0.05, 0) is 6.07 Å². The first-order valence-corrected chi connectivity index (χ1v) is 4.58. The Hall–Kier alpha value is -2.70. The summed E-state index contributed by atoms with van der Waals surface area (Å²) < 4.78 is 4.64. The van der Waals surface area contributed by atoms with Crippen LogP contribution >= 0.6 is 0 Å². The van der Waals surface area contributed by atoms with E-state index in [1.54, 1.807) is 0 Å². The van der Waals surface area contributed by atoms with Gasteiger partial charge in [0.25, 0.3) is 5.91 Å². The maximum atomic E-state index is 11.6. The third kappa shape index (κ3) is 2.28. The predicted octanol–water partition coefficient (Wildman–Crippen LogP) is 1.02. The van der Waals surface area contributed by atoms with Crippen LogP contribution in [0.15, 0.2) is 35.2 Å². The number of carboxylic acid groups (broad SMARTS) is 1. The normalized spacial score (nSPS) is 9.88. The largest absolute Gasteiger partial charge is 0.478 e. The van der Waals surface area contributed by atoms with Crippen LogP contribution < -0.4 is 5.32 Å². The Balaban J connectivity index is 2.25. The molecule has 0 radical (unpaired) electrons. The van der Waals surface area contributed by atoms with Crippen LogP contribution in [0.3, 0.4) is 0 Å². The number of carbonyl (C=O) groups excluding carboxylic acids is 1. The Morgan fingerprint density at radius 1 is 1.29 bits per heavy atom. The van der Waals surface area contributed by atoms with Crippen molar-refractivity contribution >= 4 is 17.6 Å². The van der Waals surface area contributed by atoms with Gasteiger partial charge in [0.1, 0.15) is 0 Å². The van der Waals surface area contributed by atoms with Crippen LogP contribution in [0.1, 0.15) is 20.9 Å². The molecule has 1 amide bonds. The molecule has 2 heterocycles. The quantitative estimate of drug-likeness (QED) is 0.819. The van der Waals surface area contributed by atoms with Gasteiger partial charge in [0.05, 0.1) is 23.6 Å². The lowest BCUT2D eigenvalue weighted by Gasteiger charge is -2.05. The van der Waals surface area contributed by atoms with Crippen LogP contribution in [0.2, 0.25) is 0 Å². The molecule has 86 valence electrons. The molecule has 0 aliphatic carbocycles. The molecule has 0 bridgehead atoms. The number of hydrogen-bond acceptors (Lipinski definition) is 5. The molecule has 2 rings (SSSR count). The van der Waals surface area contributed by atoms with E-state index in [1.165, 1.54) is 30.7 Å². The molecular weight excluding hydrogens is 226 g/mol. The lowest BCUT2D eigenvalue weighted by molar-refractivity contribution is 0.0698. The first-order chi connectivity index (χ1) is 8.18. The fraction of sp³-hybridized carbons (Fsp3) is 0. The lowest BCUT2D eigenvalue weighted by atomic mass is 10.2. The number of nitrogens with zero attached hydrogens (tertiary/aromatic N) is 2. The van der Waals surface area contributed by atoms with E-state index < -0.39 is 11.9 Å². The van der Waals surface area contributed by atoms with E-state index in [4.69, 9.17) is 5.11 Å². The second-order valence-electron chi connectivity index (χ2n) is 3.06. The van der Waals surface area contributed by atoms with E-state index in [9.17, 15) is 9.59 Å². The van der Waals surface area contributed by atoms with Gasteiger partial charge < -0.3 is 14.9 Å². The van der Waals surface area contributed by atoms with Gasteiger partial charge in [0.2, 0.25) is 5.76 Å². The Bertz CT molecular complexity index is 550. The highest BCUT2D eigenvalue weighted by molar-refractivity contribution is 6.06. The lowest BCUT2D eigenvalue weighted by Crippen LogP contribution is -2.14. The molecule has 0 saturated heterocycles. The Morgan fingerprint density at radius 3 is 2.76 bits per heavy atom. The molecule has 2 aromatic heterocycles. The molecular formula is C10H7N3O4. The van der Waals surface area contributed by atoms with Crippen molar-refractivity contribution in [1.29, 1.82) is 0 Å². The first kappa shape index (κ1) is 10.8. The zero-order valence-corrected chi connectivity index (χ0v) is 8.45. The summed E-state index contributed by atoms with van der Waals surface area (Å²) in [6, 6.07) is 2.66. The summed E-state index contributed by atoms with van der Waals surface area (Å²) >= 11 is 0. The molecule has 2 N–H and O–H groups in total. The van der Waals surface area contributed by atoms with Crippen LogP contribution in [-0.2, 0) is 0 Å². The number of anilines is 1. The van der Waals surface area contributed by atoms with E-state index in [2.05, 4.69) is 20.0 Å². The third-order valence-electron chi connectivity index (χ3n) is 1.96. The Labute approximate surface area is 95.1 Å². The Morgan fingerprint density at radius 2 is 2.12 bits per heavy atom. The van der Waals surface area contributed by atoms with Gasteiger partial charge in [-0.1, -0.05) is 5.16 Å². The number of carbonyl (C=O) groups is 2. The fourth-order valence-electron chi connectivity index (χ4n) is 1.20. The minimum Gasteiger partial charge on any atom is -0.478 e. The summed E-state index contributed by atoms with van der Waals surface area (Å²) in [6.45, 7) is 0. The van der Waals surface area contributed by atoms with E-state index in [-0.39, 0.29) is 17.0 Å². The predicted molar refractivity (Wildman–Crippen MR) is 55.7 cm³/mol. The summed E-state index contributed by atoms with van der Waals surface area (Å²) in [5.74, 6) is -1.75. The number of aromatic carboxylic acids is 1. The standard InChI is InChI=1S/C10H7N3O4/c14-9(8-2-4-12-17-8)13-7-5-11-3-1-6(7)10(15)16/h1-5H,(H,13,14)(H,15,16). The SMILES string of the molecule is O=C(Nc1cnccc1C(=O)O)c1ccno1. The average molecular weight is 233 g/mol. The molecule has 17 heavy (non-hydrogen) atoms. The van der Waals surface area contributed by atoms with Crippen molar-refractivity contribution in [2.24, 2.45) is 0 Å². The number of aromatic nitrogens is 2. The molecule has 0 aromatic carbocycles. The van der Waals surface area contributed by atoms with Gasteiger partial charge in [0, 0.05) is 12.3 Å². The van der Waals surface area contributed by atoms with Gasteiger partial charge in [-0.15, -0.1) is 0 Å². The van der Waals surface area contributed by atoms with Crippen molar-refractivity contribution in [2.45, 2.75) is 0 Å². The molecule has 2 aromatic rings. The summed E-state index contributed by atoms with van der Waals surface area (Å²) in [5, 5.41) is 14.6. The summed E-state index contributed by atoms with van der Waals surface area (Å²) in [7, 11) is 0. The second kappa shape index (κ2) is 4.44. The molecule has 7 nitrogen and oxygen atoms in total. The number of rotatable bonds is 3. The molecule has 7 heteroatoms. The van der Waals surface area contributed by atoms with Crippen molar-refractivity contribution < 1.29 is 19.2 Å². The van der Waals surface area contributed by atoms with Crippen LogP contribution in [0, 0.1) is 0 Å². The van der Waals surface area contributed by atoms with Crippen molar-refractivity contribution in [3.05, 3.63) is 42.0 Å². The summed E-state index contributed by atoms with van der Waals surface area (Å²) in [6.07, 6.45) is 3.89. The monoisotopic (exact) mass is 233 g/mol. The molecule has 0 aliphatic heterocycles. The zero-order valence-electron chi connectivity index (χ0n) is 8.45. The number of hydrogen-bond donors (Lipinski definition) is 2. The average Bonchev–Trinajstić information content (AvgIpc) is 2.83. The molecule has 0 unspecified atom stereocenters. The topological polar surface area (TPSA) is 105 Å². The highest BCUT2D eigenvalue weighted by Gasteiger charge is 2.15. The van der Waals surface area contributed by atoms with Gasteiger partial charge >= 0.3 is 5.97 Å². The number of pyridine rings is 1. The van der Waals surface area contributed by atoms with E-state index in [1.807, 2.05) is 0 Å². The van der Waals surface area contributed by atoms with Crippen molar-refractivity contribution in [2.75, 3.05) is 5.32 Å². The first-order valence-electron chi connectivity index (χ1n) is 4.58. The maximum absolute atomic E-state index is 11.6. The van der Waals surface area contributed by atoms with Crippen LogP contribution in [0.4, 0.5) is 5.69 Å². The van der Waals surface area contributed by atoms with E-state index in [0.717, 1.165) is 0 Å². The smallest absolute Gasteiger partial charge is 0.337 e. The minimum atomic E-state index is -1.15. The number of nitrogens with one attached hydrogen (secondary N) is 1. The Kier molecular flexibility index (Phi) is 2.82. The van der Waals surface area contributed by atoms with E-state index >= 15 is 0 Å². The van der Waals surface area contributed by atoms with Gasteiger partial charge in [-0.2, -0.15) is 0 Å². The fourth-order valence-corrected chi connectivity index (χ4v) is 1.20. The van der Waals surface area contributed by atoms with Crippen LogP contribution in [0.5, 0.6) is 0 Å². The van der Waals surface area contributed by atoms with Gasteiger partial charge in [-0.25, -0.2) is 4.79 Å². The molecule has 0 aliphatic rings. The highest BCUT2D eigenvalue weighted by atomic mass is 16.5. The second-order valence-corrected chi connectivity index (χ2v) is 3.06. The van der Waals surface area contributed by atoms with Crippen LogP contribution in [0.25, 0.3) is 0 Å². The summed E-state index contributed by atoms with van der Waals surface area (Å²) in [4.78, 5) is 26.2. The third-order valence-corrected chi connectivity index (χ3v) is 1.96. The zero-order chi connectivity index (χ0) is 12.3.